The number of hydrogen-bond acceptors (Lipinski definition) is 7. The van der Waals surface area contributed by atoms with Crippen LogP contribution in [0, 0.1) is 0 Å². The normalized spacial score (nSPS) is 31.8. The lowest BCUT2D eigenvalue weighted by molar-refractivity contribution is -0.0776. The molecule has 0 aromatic carbocycles. The van der Waals surface area contributed by atoms with Gasteiger partial charge in [-0.3, -0.25) is 9.36 Å². The van der Waals surface area contributed by atoms with Gasteiger partial charge in [-0.25, -0.2) is 9.97 Å². The Labute approximate surface area is 112 Å². The summed E-state index contributed by atoms with van der Waals surface area (Å²) >= 11 is 0. The molecular weight excluding hydrogens is 268 g/mol. The molecule has 20 heavy (non-hydrogen) atoms. The van der Waals surface area contributed by atoms with E-state index in [2.05, 4.69) is 15.0 Å². The smallest absolute Gasteiger partial charge is 0.277 e. The molecule has 0 radical (unpaired) electrons. The van der Waals surface area contributed by atoms with Gasteiger partial charge in [0.1, 0.15) is 24.6 Å². The van der Waals surface area contributed by atoms with Crippen LogP contribution in [-0.2, 0) is 4.74 Å². The van der Waals surface area contributed by atoms with Crippen LogP contribution in [0.1, 0.15) is 13.2 Å². The average Bonchev–Trinajstić information content (AvgIpc) is 2.94. The summed E-state index contributed by atoms with van der Waals surface area (Å²) in [5, 5.41) is 29.4. The summed E-state index contributed by atoms with van der Waals surface area (Å²) < 4.78 is 6.75. The first kappa shape index (κ1) is 13.2. The number of aliphatic hydroxyl groups excluding tert-OH is 3. The van der Waals surface area contributed by atoms with Crippen LogP contribution in [0.5, 0.6) is 0 Å². The Morgan fingerprint density at radius 2 is 2.15 bits per heavy atom. The molecule has 0 amide bonds. The highest BCUT2D eigenvalue weighted by Gasteiger charge is 2.46. The molecule has 9 heteroatoms. The van der Waals surface area contributed by atoms with E-state index in [4.69, 9.17) is 4.74 Å². The summed E-state index contributed by atoms with van der Waals surface area (Å²) in [6.07, 6.45) is -2.93. The molecule has 2 aromatic heterocycles. The van der Waals surface area contributed by atoms with Crippen molar-refractivity contribution in [2.45, 2.75) is 37.6 Å². The average molecular weight is 282 g/mol. The van der Waals surface area contributed by atoms with Crippen LogP contribution in [-0.4, -0.2) is 59.3 Å². The van der Waals surface area contributed by atoms with Crippen molar-refractivity contribution >= 4 is 11.2 Å². The number of ether oxygens (including phenoxy) is 1. The monoisotopic (exact) mass is 282 g/mol. The molecule has 0 aliphatic carbocycles. The molecule has 1 aliphatic rings. The zero-order valence-electron chi connectivity index (χ0n) is 10.5. The first-order chi connectivity index (χ1) is 9.50. The summed E-state index contributed by atoms with van der Waals surface area (Å²) in [5.74, 6) is 0. The lowest BCUT2D eigenvalue weighted by Gasteiger charge is -2.17. The van der Waals surface area contributed by atoms with Gasteiger partial charge < -0.3 is 25.0 Å². The van der Waals surface area contributed by atoms with Crippen LogP contribution < -0.4 is 5.56 Å². The molecule has 4 N–H and O–H groups in total. The fraction of sp³-hybridized carbons (Fsp3) is 0.545. The molecular formula is C11H14N4O5. The van der Waals surface area contributed by atoms with E-state index in [1.807, 2.05) is 0 Å². The van der Waals surface area contributed by atoms with E-state index in [0.29, 0.717) is 0 Å². The van der Waals surface area contributed by atoms with Crippen LogP contribution in [0.15, 0.2) is 17.4 Å². The molecule has 1 aliphatic heterocycles. The van der Waals surface area contributed by atoms with Gasteiger partial charge in [0.25, 0.3) is 5.56 Å². The van der Waals surface area contributed by atoms with Crippen molar-refractivity contribution < 1.29 is 20.1 Å². The number of imidazole rings is 1. The van der Waals surface area contributed by atoms with Crippen molar-refractivity contribution in [1.82, 2.24) is 19.5 Å². The summed E-state index contributed by atoms with van der Waals surface area (Å²) in [7, 11) is 0. The fourth-order valence-electron chi connectivity index (χ4n) is 2.39. The molecule has 1 unspecified atom stereocenters. The first-order valence-corrected chi connectivity index (χ1v) is 6.10. The lowest BCUT2D eigenvalue weighted by atomic mass is 10.1. The highest BCUT2D eigenvalue weighted by Crippen LogP contribution is 2.32. The SMILES string of the molecule is CC(O)[C@H]1O[C@@H](n2cnc3nc[nH]c(=O)c32)[C@H](O)[C@@H]1O. The topological polar surface area (TPSA) is 133 Å². The second kappa shape index (κ2) is 4.63. The highest BCUT2D eigenvalue weighted by molar-refractivity contribution is 5.69. The summed E-state index contributed by atoms with van der Waals surface area (Å²) in [4.78, 5) is 22.1. The summed E-state index contributed by atoms with van der Waals surface area (Å²) in [6.45, 7) is 1.45. The Hall–Kier alpha value is -1.81. The predicted octanol–water partition coefficient (Wildman–Crippen LogP) is -1.88. The van der Waals surface area contributed by atoms with Gasteiger partial charge in [-0.15, -0.1) is 0 Å². The molecule has 1 saturated heterocycles. The maximum atomic E-state index is 11.8. The Morgan fingerprint density at radius 1 is 1.40 bits per heavy atom. The molecule has 5 atom stereocenters. The van der Waals surface area contributed by atoms with Crippen molar-refractivity contribution in [3.63, 3.8) is 0 Å². The zero-order chi connectivity index (χ0) is 14.4. The van der Waals surface area contributed by atoms with Gasteiger partial charge in [-0.2, -0.15) is 0 Å². The number of aliphatic hydroxyl groups is 3. The third-order valence-electron chi connectivity index (χ3n) is 3.40. The van der Waals surface area contributed by atoms with Crippen LogP contribution in [0.2, 0.25) is 0 Å². The summed E-state index contributed by atoms with van der Waals surface area (Å²) in [5.41, 5.74) is -0.0900. The predicted molar refractivity (Wildman–Crippen MR) is 65.8 cm³/mol. The number of rotatable bonds is 2. The molecule has 9 nitrogen and oxygen atoms in total. The number of aromatic nitrogens is 4. The van der Waals surface area contributed by atoms with Gasteiger partial charge in [0.15, 0.2) is 17.4 Å². The minimum absolute atomic E-state index is 0.134. The molecule has 2 aromatic rings. The van der Waals surface area contributed by atoms with Gasteiger partial charge in [-0.05, 0) is 6.92 Å². The van der Waals surface area contributed by atoms with Crippen molar-refractivity contribution in [2.24, 2.45) is 0 Å². The molecule has 0 saturated carbocycles. The molecule has 3 heterocycles. The Balaban J connectivity index is 2.06. The zero-order valence-corrected chi connectivity index (χ0v) is 10.5. The Morgan fingerprint density at radius 3 is 2.80 bits per heavy atom. The second-order valence-electron chi connectivity index (χ2n) is 4.77. The van der Waals surface area contributed by atoms with Crippen LogP contribution >= 0.6 is 0 Å². The maximum absolute atomic E-state index is 11.8. The van der Waals surface area contributed by atoms with E-state index in [0.717, 1.165) is 0 Å². The molecule has 3 rings (SSSR count). The van der Waals surface area contributed by atoms with E-state index >= 15 is 0 Å². The number of nitrogens with zero attached hydrogens (tertiary/aromatic N) is 3. The van der Waals surface area contributed by atoms with E-state index in [-0.39, 0.29) is 11.2 Å². The summed E-state index contributed by atoms with van der Waals surface area (Å²) in [6, 6.07) is 0. The van der Waals surface area contributed by atoms with E-state index in [9.17, 15) is 20.1 Å². The van der Waals surface area contributed by atoms with Crippen molar-refractivity contribution in [2.75, 3.05) is 0 Å². The third kappa shape index (κ3) is 1.83. The van der Waals surface area contributed by atoms with Crippen molar-refractivity contribution in [3.8, 4) is 0 Å². The molecule has 1 fully saturated rings. The number of aromatic amines is 1. The quantitative estimate of drug-likeness (QED) is 0.506. The highest BCUT2D eigenvalue weighted by atomic mass is 16.6. The standard InChI is InChI=1S/C11H14N4O5/c1-4(16)8-6(17)7(18)11(20-8)15-3-14-9-5(15)10(19)13-2-12-9/h2-4,6-8,11,16-18H,1H3,(H,12,13,19)/t4?,6-,7+,8+,11+/m0/s1. The number of hydrogen-bond donors (Lipinski definition) is 4. The van der Waals surface area contributed by atoms with Gasteiger partial charge >= 0.3 is 0 Å². The maximum Gasteiger partial charge on any atom is 0.277 e. The van der Waals surface area contributed by atoms with E-state index < -0.39 is 36.2 Å². The molecule has 0 bridgehead atoms. The first-order valence-electron chi connectivity index (χ1n) is 6.10. The van der Waals surface area contributed by atoms with Gasteiger partial charge in [0.05, 0.1) is 12.4 Å². The van der Waals surface area contributed by atoms with E-state index in [1.54, 1.807) is 0 Å². The minimum Gasteiger partial charge on any atom is -0.391 e. The fourth-order valence-corrected chi connectivity index (χ4v) is 2.39. The van der Waals surface area contributed by atoms with Crippen LogP contribution in [0.3, 0.4) is 0 Å². The number of nitrogens with one attached hydrogen (secondary N) is 1. The third-order valence-corrected chi connectivity index (χ3v) is 3.40. The Kier molecular flexibility index (Phi) is 3.05. The number of fused-ring (bicyclic) bond motifs is 1. The van der Waals surface area contributed by atoms with Gasteiger partial charge in [0.2, 0.25) is 0 Å². The molecule has 108 valence electrons. The van der Waals surface area contributed by atoms with Crippen molar-refractivity contribution in [1.29, 1.82) is 0 Å². The minimum atomic E-state index is -1.29. The van der Waals surface area contributed by atoms with Gasteiger partial charge in [0, 0.05) is 0 Å². The lowest BCUT2D eigenvalue weighted by Crippen LogP contribution is -2.37. The molecule has 0 spiro atoms. The van der Waals surface area contributed by atoms with Crippen LogP contribution in [0.25, 0.3) is 11.2 Å². The Bertz CT molecular complexity index is 681. The van der Waals surface area contributed by atoms with E-state index in [1.165, 1.54) is 24.1 Å². The second-order valence-corrected chi connectivity index (χ2v) is 4.77. The van der Waals surface area contributed by atoms with Crippen LogP contribution in [0.4, 0.5) is 0 Å². The number of H-pyrrole nitrogens is 1. The largest absolute Gasteiger partial charge is 0.391 e. The van der Waals surface area contributed by atoms with Gasteiger partial charge in [-0.1, -0.05) is 0 Å². The van der Waals surface area contributed by atoms with Crippen molar-refractivity contribution in [3.05, 3.63) is 23.0 Å².